The molecule has 0 radical (unpaired) electrons. The van der Waals surface area contributed by atoms with Crippen LogP contribution in [0.25, 0.3) is 0 Å². The lowest BCUT2D eigenvalue weighted by Gasteiger charge is -2.12. The molecule has 43 heavy (non-hydrogen) atoms. The molecule has 0 aliphatic rings. The number of Topliss-reactive ketones (excluding diaryl/α,β-unsaturated/α-hetero) is 1. The van der Waals surface area contributed by atoms with Crippen LogP contribution < -0.4 is 10.1 Å². The zero-order chi connectivity index (χ0) is 32.7. The van der Waals surface area contributed by atoms with Gasteiger partial charge in [-0.1, -0.05) is 110 Å². The molecule has 1 N–H and O–H groups in total. The normalized spacial score (nSPS) is 11.7. The number of allylic oxidation sites excluding steroid dienone is 2. The number of ether oxygens (including phenoxy) is 1. The van der Waals surface area contributed by atoms with Crippen molar-refractivity contribution in [3.63, 3.8) is 0 Å². The Labute approximate surface area is 260 Å². The number of carbonyl (C=O) groups is 3. The maximum atomic E-state index is 11.7. The molecule has 9 nitrogen and oxygen atoms in total. The van der Waals surface area contributed by atoms with Gasteiger partial charge in [0, 0.05) is 12.8 Å². The van der Waals surface area contributed by atoms with Crippen LogP contribution in [-0.2, 0) is 25.8 Å². The highest BCUT2D eigenvalue weighted by atomic mass is 16.9. The fraction of sp³-hybridized carbons (Fsp3) is 0.676. The van der Waals surface area contributed by atoms with Crippen LogP contribution in [0.2, 0.25) is 0 Å². The molecule has 1 amide bonds. The molecule has 0 heterocycles. The minimum atomic E-state index is -0.888. The fourth-order valence-electron chi connectivity index (χ4n) is 4.02. The van der Waals surface area contributed by atoms with Gasteiger partial charge in [-0.05, 0) is 56.7 Å². The van der Waals surface area contributed by atoms with Gasteiger partial charge in [-0.3, -0.25) is 9.59 Å². The number of unbranched alkanes of at least 4 members (excludes halogenated alkanes) is 6. The molecule has 0 saturated heterocycles. The monoisotopic (exact) mass is 606 g/mol. The lowest BCUT2D eigenvalue weighted by Crippen LogP contribution is -2.35. The van der Waals surface area contributed by atoms with E-state index in [9.17, 15) is 24.5 Å². The van der Waals surface area contributed by atoms with Crippen molar-refractivity contribution in [1.82, 2.24) is 5.32 Å². The molecule has 0 saturated carbocycles. The summed E-state index contributed by atoms with van der Waals surface area (Å²) in [5.74, 6) is 0.941. The van der Waals surface area contributed by atoms with Gasteiger partial charge < -0.3 is 14.9 Å². The number of hydrogen-bond acceptors (Lipinski definition) is 7. The lowest BCUT2D eigenvalue weighted by molar-refractivity contribution is -0.763. The van der Waals surface area contributed by atoms with Crippen molar-refractivity contribution in [2.75, 3.05) is 0 Å². The largest absolute Gasteiger partial charge is 0.425 e. The van der Waals surface area contributed by atoms with Crippen molar-refractivity contribution < 1.29 is 29.0 Å². The molecule has 2 unspecified atom stereocenters. The van der Waals surface area contributed by atoms with Crippen LogP contribution in [0.15, 0.2) is 36.4 Å². The Morgan fingerprint density at radius 3 is 2.12 bits per heavy atom. The molecule has 2 atom stereocenters. The van der Waals surface area contributed by atoms with Gasteiger partial charge in [-0.15, -0.1) is 10.1 Å². The van der Waals surface area contributed by atoms with Gasteiger partial charge in [0.05, 0.1) is 0 Å². The summed E-state index contributed by atoms with van der Waals surface area (Å²) in [7, 11) is 0. The topological polar surface area (TPSA) is 125 Å². The summed E-state index contributed by atoms with van der Waals surface area (Å²) >= 11 is 0. The molecular weight excluding hydrogens is 548 g/mol. The van der Waals surface area contributed by atoms with Gasteiger partial charge in [0.1, 0.15) is 24.2 Å². The first-order chi connectivity index (χ1) is 20.7. The molecule has 0 aliphatic carbocycles. The summed E-state index contributed by atoms with van der Waals surface area (Å²) in [6, 6.07) is 5.26. The molecule has 0 bridgehead atoms. The maximum Gasteiger partial charge on any atom is 0.333 e. The van der Waals surface area contributed by atoms with Gasteiger partial charge in [-0.25, -0.2) is 4.79 Å². The molecule has 0 fully saturated rings. The Morgan fingerprint density at radius 2 is 1.58 bits per heavy atom. The zero-order valence-corrected chi connectivity index (χ0v) is 27.6. The van der Waals surface area contributed by atoms with E-state index in [1.165, 1.54) is 95.4 Å². The van der Waals surface area contributed by atoms with E-state index in [1.54, 1.807) is 0 Å². The van der Waals surface area contributed by atoms with Crippen LogP contribution in [0.3, 0.4) is 0 Å². The third kappa shape index (κ3) is 27.4. The number of nitrogens with one attached hydrogen (secondary N) is 1. The van der Waals surface area contributed by atoms with Crippen molar-refractivity contribution >= 4 is 18.2 Å². The van der Waals surface area contributed by atoms with E-state index in [-0.39, 0.29) is 12.4 Å². The SMILES string of the molecule is C/C=C\CCCC.CC(NC=O)C(=O)Oc1ccc(CO[N+](=O)[O-])cc1.CCCCCCCC(=O)CCC(CC)CCC. The maximum absolute atomic E-state index is 11.7. The molecule has 0 spiro atoms. The first kappa shape index (κ1) is 41.9. The highest BCUT2D eigenvalue weighted by molar-refractivity contribution is 5.79. The standard InChI is InChI=1S/C16H32O.C11H12N2O6.C7H14/c1-4-7-8-9-10-12-16(17)14-13-15(6-3)11-5-2;1-8(12-7-14)11(15)19-10-4-2-9(3-5-10)6-18-13(16)17;1-3-5-7-6-4-2/h15H,4-14H2,1-3H3;2-5,7-8H,6H2,1H3,(H,12,14);3,5H,4,6-7H2,1-2H3/b;;5-3-. The Hall–Kier alpha value is -3.23. The highest BCUT2D eigenvalue weighted by Crippen LogP contribution is 2.18. The third-order valence-corrected chi connectivity index (χ3v) is 6.77. The van der Waals surface area contributed by atoms with Crippen LogP contribution in [0.5, 0.6) is 5.75 Å². The molecule has 1 aromatic rings. The van der Waals surface area contributed by atoms with Crippen LogP contribution >= 0.6 is 0 Å². The molecular formula is C34H58N2O7. The summed E-state index contributed by atoms with van der Waals surface area (Å²) in [4.78, 5) is 47.5. The van der Waals surface area contributed by atoms with Crippen molar-refractivity contribution in [3.8, 4) is 5.75 Å². The Bertz CT molecular complexity index is 872. The average molecular weight is 607 g/mol. The average Bonchev–Trinajstić information content (AvgIpc) is 2.99. The van der Waals surface area contributed by atoms with Crippen molar-refractivity contribution in [2.45, 2.75) is 144 Å². The lowest BCUT2D eigenvalue weighted by atomic mass is 9.93. The fourth-order valence-corrected chi connectivity index (χ4v) is 4.02. The number of carbonyl (C=O) groups excluding carboxylic acids is 3. The van der Waals surface area contributed by atoms with Crippen molar-refractivity contribution in [1.29, 1.82) is 0 Å². The van der Waals surface area contributed by atoms with Gasteiger partial charge in [-0.2, -0.15) is 0 Å². The second-order valence-electron chi connectivity index (χ2n) is 10.6. The van der Waals surface area contributed by atoms with Crippen LogP contribution in [0.1, 0.15) is 137 Å². The van der Waals surface area contributed by atoms with E-state index >= 15 is 0 Å². The summed E-state index contributed by atoms with van der Waals surface area (Å²) < 4.78 is 4.97. The van der Waals surface area contributed by atoms with Gasteiger partial charge in [0.25, 0.3) is 5.09 Å². The van der Waals surface area contributed by atoms with E-state index in [0.717, 1.165) is 31.6 Å². The zero-order valence-electron chi connectivity index (χ0n) is 27.6. The predicted molar refractivity (Wildman–Crippen MR) is 173 cm³/mol. The van der Waals surface area contributed by atoms with E-state index in [0.29, 0.717) is 17.8 Å². The molecule has 9 heteroatoms. The van der Waals surface area contributed by atoms with E-state index in [2.05, 4.69) is 56.9 Å². The minimum Gasteiger partial charge on any atom is -0.425 e. The van der Waals surface area contributed by atoms with E-state index in [1.807, 2.05) is 0 Å². The number of benzene rings is 1. The molecule has 246 valence electrons. The first-order valence-corrected chi connectivity index (χ1v) is 16.1. The summed E-state index contributed by atoms with van der Waals surface area (Å²) in [6.07, 6.45) is 21.4. The number of ketones is 1. The molecule has 0 aromatic heterocycles. The summed E-state index contributed by atoms with van der Waals surface area (Å²) in [6.45, 7) is 12.3. The van der Waals surface area contributed by atoms with Gasteiger partial charge >= 0.3 is 5.97 Å². The van der Waals surface area contributed by atoms with Crippen LogP contribution in [0.4, 0.5) is 0 Å². The smallest absolute Gasteiger partial charge is 0.333 e. The summed E-state index contributed by atoms with van der Waals surface area (Å²) in [5.41, 5.74) is 0.565. The van der Waals surface area contributed by atoms with Crippen LogP contribution in [-0.4, -0.2) is 29.3 Å². The summed E-state index contributed by atoms with van der Waals surface area (Å²) in [5, 5.41) is 11.4. The first-order valence-electron chi connectivity index (χ1n) is 16.1. The van der Waals surface area contributed by atoms with E-state index in [4.69, 9.17) is 4.74 Å². The van der Waals surface area contributed by atoms with Crippen LogP contribution in [0, 0.1) is 16.0 Å². The van der Waals surface area contributed by atoms with Crippen molar-refractivity contribution in [3.05, 3.63) is 52.1 Å². The molecule has 1 rings (SSSR count). The van der Waals surface area contributed by atoms with Gasteiger partial charge in [0.2, 0.25) is 6.41 Å². The second kappa shape index (κ2) is 30.2. The number of amides is 1. The Kier molecular flexibility index (Phi) is 29.5. The van der Waals surface area contributed by atoms with Gasteiger partial charge in [0.15, 0.2) is 0 Å². The predicted octanol–water partition coefficient (Wildman–Crippen LogP) is 8.71. The quantitative estimate of drug-likeness (QED) is 0.0266. The number of esters is 1. The Balaban J connectivity index is 0. The van der Waals surface area contributed by atoms with Crippen molar-refractivity contribution in [2.24, 2.45) is 5.92 Å². The second-order valence-corrected chi connectivity index (χ2v) is 10.6. The Morgan fingerprint density at radius 1 is 0.930 bits per heavy atom. The third-order valence-electron chi connectivity index (χ3n) is 6.77. The number of nitrogens with zero attached hydrogens (tertiary/aromatic N) is 1. The molecule has 0 aliphatic heterocycles. The highest BCUT2D eigenvalue weighted by Gasteiger charge is 2.14. The number of hydrogen-bond donors (Lipinski definition) is 1. The molecule has 1 aromatic carbocycles. The minimum absolute atomic E-state index is 0.176. The van der Waals surface area contributed by atoms with E-state index < -0.39 is 17.1 Å². The number of rotatable bonds is 22.